The monoisotopic (exact) mass is 273 g/mol. The predicted molar refractivity (Wildman–Crippen MR) is 73.0 cm³/mol. The first-order valence-corrected chi connectivity index (χ1v) is 6.08. The molecule has 1 heterocycles. The molecule has 20 heavy (non-hydrogen) atoms. The van der Waals surface area contributed by atoms with Crippen LogP contribution in [-0.4, -0.2) is 20.0 Å². The molecule has 1 aromatic heterocycles. The highest BCUT2D eigenvalue weighted by Crippen LogP contribution is 2.31. The van der Waals surface area contributed by atoms with Crippen LogP contribution in [0.15, 0.2) is 42.6 Å². The molecule has 0 aliphatic carbocycles. The molecule has 104 valence electrons. The van der Waals surface area contributed by atoms with Crippen LogP contribution in [0.5, 0.6) is 11.5 Å². The van der Waals surface area contributed by atoms with Gasteiger partial charge in [0.15, 0.2) is 23.5 Å². The smallest absolute Gasteiger partial charge is 0.200 e. The molecule has 0 saturated carbocycles. The van der Waals surface area contributed by atoms with E-state index in [1.807, 2.05) is 0 Å². The van der Waals surface area contributed by atoms with Gasteiger partial charge >= 0.3 is 0 Å². The molecule has 2 rings (SSSR count). The second-order valence-corrected chi connectivity index (χ2v) is 4.16. The van der Waals surface area contributed by atoms with Crippen LogP contribution in [0, 0.1) is 5.21 Å². The lowest BCUT2D eigenvalue weighted by Crippen LogP contribution is -2.32. The summed E-state index contributed by atoms with van der Waals surface area (Å²) in [5.41, 5.74) is 0.790. The Morgan fingerprint density at radius 3 is 2.60 bits per heavy atom. The summed E-state index contributed by atoms with van der Waals surface area (Å²) in [7, 11) is 2.99. The molecular weight excluding hydrogens is 258 g/mol. The SMILES string of the molecule is COc1cccc(C(=O)Cc2cccc[n+]2[O-])c1OC. The van der Waals surface area contributed by atoms with Gasteiger partial charge in [-0.1, -0.05) is 6.07 Å². The van der Waals surface area contributed by atoms with E-state index in [9.17, 15) is 10.0 Å². The van der Waals surface area contributed by atoms with Crippen molar-refractivity contribution in [2.75, 3.05) is 14.2 Å². The molecule has 0 saturated heterocycles. The first-order valence-electron chi connectivity index (χ1n) is 6.08. The van der Waals surface area contributed by atoms with Gasteiger partial charge in [-0.2, -0.15) is 4.73 Å². The van der Waals surface area contributed by atoms with Crippen LogP contribution in [0.4, 0.5) is 0 Å². The van der Waals surface area contributed by atoms with Crippen molar-refractivity contribution in [1.82, 2.24) is 0 Å². The summed E-state index contributed by atoms with van der Waals surface area (Å²) in [6, 6.07) is 10.0. The van der Waals surface area contributed by atoms with Gasteiger partial charge in [-0.25, -0.2) is 0 Å². The highest BCUT2D eigenvalue weighted by molar-refractivity contribution is 6.00. The van der Waals surface area contributed by atoms with Gasteiger partial charge in [-0.15, -0.1) is 0 Å². The molecule has 2 aromatic rings. The van der Waals surface area contributed by atoms with Gasteiger partial charge < -0.3 is 14.7 Å². The number of ketones is 1. The standard InChI is InChI=1S/C15H15NO4/c1-19-14-8-5-7-12(15(14)20-2)13(17)10-11-6-3-4-9-16(11)18/h3-9H,10H2,1-2H3. The number of methoxy groups -OCH3 is 2. The lowest BCUT2D eigenvalue weighted by Gasteiger charge is -2.11. The summed E-state index contributed by atoms with van der Waals surface area (Å²) in [5.74, 6) is 0.673. The van der Waals surface area contributed by atoms with Crippen LogP contribution < -0.4 is 14.2 Å². The van der Waals surface area contributed by atoms with Crippen molar-refractivity contribution in [3.63, 3.8) is 0 Å². The number of para-hydroxylation sites is 1. The summed E-state index contributed by atoms with van der Waals surface area (Å²) in [4.78, 5) is 12.3. The second-order valence-electron chi connectivity index (χ2n) is 4.16. The van der Waals surface area contributed by atoms with E-state index in [0.717, 1.165) is 0 Å². The Labute approximate surface area is 117 Å². The number of nitrogens with zero attached hydrogens (tertiary/aromatic N) is 1. The molecule has 0 aliphatic rings. The van der Waals surface area contributed by atoms with Crippen molar-refractivity contribution in [2.24, 2.45) is 0 Å². The first kappa shape index (κ1) is 13.9. The van der Waals surface area contributed by atoms with E-state index in [1.165, 1.54) is 20.4 Å². The van der Waals surface area contributed by atoms with Crippen molar-refractivity contribution in [3.8, 4) is 11.5 Å². The third-order valence-corrected chi connectivity index (χ3v) is 2.95. The normalized spacial score (nSPS) is 10.1. The lowest BCUT2D eigenvalue weighted by molar-refractivity contribution is -0.613. The maximum absolute atomic E-state index is 12.3. The number of hydrogen-bond donors (Lipinski definition) is 0. The van der Waals surface area contributed by atoms with Crippen molar-refractivity contribution in [2.45, 2.75) is 6.42 Å². The Hall–Kier alpha value is -2.56. The molecule has 0 amide bonds. The molecule has 0 spiro atoms. The fourth-order valence-corrected chi connectivity index (χ4v) is 1.97. The van der Waals surface area contributed by atoms with E-state index in [1.54, 1.807) is 36.4 Å². The van der Waals surface area contributed by atoms with Crippen LogP contribution in [-0.2, 0) is 6.42 Å². The number of pyridine rings is 1. The van der Waals surface area contributed by atoms with Crippen molar-refractivity contribution in [1.29, 1.82) is 0 Å². The number of ether oxygens (including phenoxy) is 2. The third kappa shape index (κ3) is 2.71. The average Bonchev–Trinajstić information content (AvgIpc) is 2.48. The molecule has 0 unspecified atom stereocenters. The number of hydrogen-bond acceptors (Lipinski definition) is 4. The van der Waals surface area contributed by atoms with E-state index < -0.39 is 0 Å². The van der Waals surface area contributed by atoms with Crippen LogP contribution >= 0.6 is 0 Å². The van der Waals surface area contributed by atoms with Crippen LogP contribution in [0.3, 0.4) is 0 Å². The maximum Gasteiger partial charge on any atom is 0.200 e. The van der Waals surface area contributed by atoms with Gasteiger partial charge in [0.05, 0.1) is 26.2 Å². The molecule has 0 bridgehead atoms. The Kier molecular flexibility index (Phi) is 4.20. The molecular formula is C15H15NO4. The second kappa shape index (κ2) is 6.06. The van der Waals surface area contributed by atoms with Gasteiger partial charge in [0.25, 0.3) is 0 Å². The highest BCUT2D eigenvalue weighted by Gasteiger charge is 2.19. The lowest BCUT2D eigenvalue weighted by atomic mass is 10.0. The van der Waals surface area contributed by atoms with E-state index in [-0.39, 0.29) is 12.2 Å². The number of Topliss-reactive ketones (excluding diaryl/α,β-unsaturated/α-hetero) is 1. The van der Waals surface area contributed by atoms with Gasteiger partial charge in [0, 0.05) is 12.1 Å². The molecule has 0 aliphatic heterocycles. The Bertz CT molecular complexity index is 625. The van der Waals surface area contributed by atoms with Gasteiger partial charge in [0.1, 0.15) is 0 Å². The molecule has 0 N–H and O–H groups in total. The topological polar surface area (TPSA) is 62.5 Å². The van der Waals surface area contributed by atoms with E-state index >= 15 is 0 Å². The van der Waals surface area contributed by atoms with Gasteiger partial charge in [0.2, 0.25) is 5.69 Å². The van der Waals surface area contributed by atoms with Crippen molar-refractivity contribution >= 4 is 5.78 Å². The zero-order valence-electron chi connectivity index (χ0n) is 11.3. The molecule has 0 fully saturated rings. The van der Waals surface area contributed by atoms with Gasteiger partial charge in [-0.05, 0) is 18.2 Å². The van der Waals surface area contributed by atoms with Crippen molar-refractivity contribution in [3.05, 3.63) is 59.1 Å². The number of aromatic nitrogens is 1. The first-order chi connectivity index (χ1) is 9.67. The molecule has 0 radical (unpaired) electrons. The third-order valence-electron chi connectivity index (χ3n) is 2.95. The molecule has 5 nitrogen and oxygen atoms in total. The minimum Gasteiger partial charge on any atom is -0.618 e. The van der Waals surface area contributed by atoms with Gasteiger partial charge in [-0.3, -0.25) is 4.79 Å². The maximum atomic E-state index is 12.3. The minimum absolute atomic E-state index is 0.00781. The summed E-state index contributed by atoms with van der Waals surface area (Å²) in [5, 5.41) is 11.6. The largest absolute Gasteiger partial charge is 0.618 e. The molecule has 5 heteroatoms. The van der Waals surface area contributed by atoms with Crippen molar-refractivity contribution < 1.29 is 19.0 Å². The molecule has 1 aromatic carbocycles. The Balaban J connectivity index is 2.32. The fourth-order valence-electron chi connectivity index (χ4n) is 1.97. The summed E-state index contributed by atoms with van der Waals surface area (Å²) >= 11 is 0. The quantitative estimate of drug-likeness (QED) is 0.473. The summed E-state index contributed by atoms with van der Waals surface area (Å²) in [6.45, 7) is 0. The van der Waals surface area contributed by atoms with Crippen LogP contribution in [0.1, 0.15) is 16.1 Å². The average molecular weight is 273 g/mol. The van der Waals surface area contributed by atoms with Crippen LogP contribution in [0.2, 0.25) is 0 Å². The Morgan fingerprint density at radius 2 is 1.95 bits per heavy atom. The number of rotatable bonds is 5. The van der Waals surface area contributed by atoms with E-state index in [2.05, 4.69) is 0 Å². The summed E-state index contributed by atoms with van der Waals surface area (Å²) < 4.78 is 11.1. The van der Waals surface area contributed by atoms with Crippen LogP contribution in [0.25, 0.3) is 0 Å². The molecule has 0 atom stereocenters. The number of benzene rings is 1. The van der Waals surface area contributed by atoms with E-state index in [4.69, 9.17) is 9.47 Å². The van der Waals surface area contributed by atoms with E-state index in [0.29, 0.717) is 27.5 Å². The minimum atomic E-state index is -0.198. The number of carbonyl (C=O) groups excluding carboxylic acids is 1. The number of carbonyl (C=O) groups is 1. The summed E-state index contributed by atoms with van der Waals surface area (Å²) in [6.07, 6.45) is 1.37. The fraction of sp³-hybridized carbons (Fsp3) is 0.200. The zero-order valence-corrected chi connectivity index (χ0v) is 11.3. The zero-order chi connectivity index (χ0) is 14.5. The predicted octanol–water partition coefficient (Wildman–Crippen LogP) is 1.76. The Morgan fingerprint density at radius 1 is 1.15 bits per heavy atom. The highest BCUT2D eigenvalue weighted by atomic mass is 16.5.